The molecule has 9 heteroatoms. The molecule has 1 aromatic carbocycles. The molecule has 0 radical (unpaired) electrons. The Morgan fingerprint density at radius 3 is 2.58 bits per heavy atom. The van der Waals surface area contributed by atoms with Crippen LogP contribution >= 0.6 is 0 Å². The number of carbonyl (C=O) groups excluding carboxylic acids is 1. The largest absolute Gasteiger partial charge is 0.378 e. The standard InChI is InChI=1S/C24H23FN6O2/c25-19-5-7-20(8-6-19)31-24(30-10-1-2-11-30)21(17-28-31)23(32)27-16-18-4-3-9-26-22(18)29-12-14-33-15-13-29/h1-11,17H,12-16H2,(H,27,32). The monoisotopic (exact) mass is 446 g/mol. The van der Waals surface area contributed by atoms with Gasteiger partial charge in [0.05, 0.1) is 25.1 Å². The highest BCUT2D eigenvalue weighted by atomic mass is 19.1. The third-order valence-electron chi connectivity index (χ3n) is 5.53. The molecule has 1 N–H and O–H groups in total. The van der Waals surface area contributed by atoms with E-state index in [0.717, 1.165) is 24.5 Å². The van der Waals surface area contributed by atoms with Crippen LogP contribution in [-0.2, 0) is 11.3 Å². The molecule has 0 spiro atoms. The van der Waals surface area contributed by atoms with Crippen LogP contribution in [0, 0.1) is 5.82 Å². The molecule has 1 aliphatic heterocycles. The number of nitrogens with one attached hydrogen (secondary N) is 1. The number of hydrogen-bond acceptors (Lipinski definition) is 5. The first kappa shape index (κ1) is 20.9. The highest BCUT2D eigenvalue weighted by molar-refractivity contribution is 5.97. The number of carbonyl (C=O) groups is 1. The third kappa shape index (κ3) is 4.35. The molecule has 1 amide bonds. The molecule has 168 valence electrons. The van der Waals surface area contributed by atoms with Crippen LogP contribution in [0.15, 0.2) is 73.3 Å². The number of ether oxygens (including phenoxy) is 1. The van der Waals surface area contributed by atoms with E-state index < -0.39 is 0 Å². The molecule has 0 bridgehead atoms. The van der Waals surface area contributed by atoms with Crippen LogP contribution < -0.4 is 10.2 Å². The average Bonchev–Trinajstić information content (AvgIpc) is 3.54. The second-order valence-electron chi connectivity index (χ2n) is 7.63. The SMILES string of the molecule is O=C(NCc1cccnc1N1CCOCC1)c1cnn(-c2ccc(F)cc2)c1-n1cccc1. The van der Waals surface area contributed by atoms with Crippen molar-refractivity contribution in [3.05, 3.63) is 90.3 Å². The molecule has 4 aromatic rings. The summed E-state index contributed by atoms with van der Waals surface area (Å²) < 4.78 is 22.3. The van der Waals surface area contributed by atoms with Crippen LogP contribution in [0.25, 0.3) is 11.5 Å². The maximum Gasteiger partial charge on any atom is 0.256 e. The van der Waals surface area contributed by atoms with Crippen molar-refractivity contribution in [2.45, 2.75) is 6.54 Å². The lowest BCUT2D eigenvalue weighted by atomic mass is 10.2. The average molecular weight is 446 g/mol. The summed E-state index contributed by atoms with van der Waals surface area (Å²) in [4.78, 5) is 19.9. The van der Waals surface area contributed by atoms with Crippen LogP contribution in [0.1, 0.15) is 15.9 Å². The number of rotatable bonds is 6. The number of anilines is 1. The Hall–Kier alpha value is -3.98. The minimum absolute atomic E-state index is 0.260. The van der Waals surface area contributed by atoms with Crippen molar-refractivity contribution in [3.63, 3.8) is 0 Å². The maximum atomic E-state index is 13.4. The molecule has 1 saturated heterocycles. The highest BCUT2D eigenvalue weighted by Crippen LogP contribution is 2.22. The van der Waals surface area contributed by atoms with Gasteiger partial charge in [0.25, 0.3) is 5.91 Å². The van der Waals surface area contributed by atoms with Crippen LogP contribution in [-0.4, -0.2) is 51.5 Å². The lowest BCUT2D eigenvalue weighted by Gasteiger charge is -2.29. The summed E-state index contributed by atoms with van der Waals surface area (Å²) in [5.74, 6) is 0.834. The van der Waals surface area contributed by atoms with Crippen molar-refractivity contribution < 1.29 is 13.9 Å². The predicted octanol–water partition coefficient (Wildman–Crippen LogP) is 2.96. The van der Waals surface area contributed by atoms with Gasteiger partial charge in [-0.2, -0.15) is 5.10 Å². The van der Waals surface area contributed by atoms with Crippen LogP contribution in [0.3, 0.4) is 0 Å². The summed E-state index contributed by atoms with van der Waals surface area (Å²) in [7, 11) is 0. The molecule has 0 atom stereocenters. The molecule has 0 saturated carbocycles. The number of benzene rings is 1. The van der Waals surface area contributed by atoms with Crippen molar-refractivity contribution in [2.75, 3.05) is 31.2 Å². The number of aromatic nitrogens is 4. The second kappa shape index (κ2) is 9.25. The fraction of sp³-hybridized carbons (Fsp3) is 0.208. The lowest BCUT2D eigenvalue weighted by molar-refractivity contribution is 0.0950. The van der Waals surface area contributed by atoms with E-state index in [0.29, 0.717) is 36.8 Å². The molecule has 5 rings (SSSR count). The zero-order chi connectivity index (χ0) is 22.6. The first-order valence-corrected chi connectivity index (χ1v) is 10.7. The Morgan fingerprint density at radius 1 is 1.06 bits per heavy atom. The van der Waals surface area contributed by atoms with Gasteiger partial charge in [-0.15, -0.1) is 0 Å². The van der Waals surface area contributed by atoms with Crippen LogP contribution in [0.5, 0.6) is 0 Å². The van der Waals surface area contributed by atoms with Crippen molar-refractivity contribution in [1.82, 2.24) is 24.6 Å². The van der Waals surface area contributed by atoms with E-state index in [2.05, 4.69) is 20.3 Å². The molecular formula is C24H23FN6O2. The van der Waals surface area contributed by atoms with Crippen LogP contribution in [0.2, 0.25) is 0 Å². The third-order valence-corrected chi connectivity index (χ3v) is 5.53. The van der Waals surface area contributed by atoms with Gasteiger partial charge in [-0.25, -0.2) is 14.1 Å². The quantitative estimate of drug-likeness (QED) is 0.493. The number of nitrogens with zero attached hydrogens (tertiary/aromatic N) is 5. The highest BCUT2D eigenvalue weighted by Gasteiger charge is 2.21. The summed E-state index contributed by atoms with van der Waals surface area (Å²) in [6.45, 7) is 3.17. The van der Waals surface area contributed by atoms with Crippen molar-refractivity contribution in [2.24, 2.45) is 0 Å². The first-order chi connectivity index (χ1) is 16.2. The van der Waals surface area contributed by atoms with Crippen molar-refractivity contribution >= 4 is 11.7 Å². The Kier molecular flexibility index (Phi) is 5.86. The summed E-state index contributed by atoms with van der Waals surface area (Å²) in [5.41, 5.74) is 1.99. The molecule has 0 unspecified atom stereocenters. The van der Waals surface area contributed by atoms with E-state index in [1.165, 1.54) is 18.3 Å². The molecule has 3 aromatic heterocycles. The smallest absolute Gasteiger partial charge is 0.256 e. The zero-order valence-corrected chi connectivity index (χ0v) is 17.9. The number of morpholine rings is 1. The molecule has 1 aliphatic rings. The van der Waals surface area contributed by atoms with Crippen LogP contribution in [0.4, 0.5) is 10.2 Å². The van der Waals surface area contributed by atoms with E-state index in [1.54, 1.807) is 23.0 Å². The second-order valence-corrected chi connectivity index (χ2v) is 7.63. The number of pyridine rings is 1. The summed E-state index contributed by atoms with van der Waals surface area (Å²) in [6.07, 6.45) is 6.96. The predicted molar refractivity (Wildman–Crippen MR) is 121 cm³/mol. The Morgan fingerprint density at radius 2 is 1.82 bits per heavy atom. The Balaban J connectivity index is 1.41. The maximum absolute atomic E-state index is 13.4. The molecule has 1 fully saturated rings. The van der Waals surface area contributed by atoms with E-state index in [4.69, 9.17) is 4.74 Å². The Bertz CT molecular complexity index is 1230. The zero-order valence-electron chi connectivity index (χ0n) is 17.9. The van der Waals surface area contributed by atoms with E-state index in [1.807, 2.05) is 41.2 Å². The summed E-state index contributed by atoms with van der Waals surface area (Å²) >= 11 is 0. The van der Waals surface area contributed by atoms with Crippen molar-refractivity contribution in [1.29, 1.82) is 0 Å². The summed E-state index contributed by atoms with van der Waals surface area (Å²) in [5, 5.41) is 7.42. The number of amides is 1. The van der Waals surface area contributed by atoms with Gasteiger partial charge in [0.2, 0.25) is 0 Å². The minimum atomic E-state index is -0.334. The topological polar surface area (TPSA) is 77.2 Å². The number of hydrogen-bond donors (Lipinski definition) is 1. The molecule has 33 heavy (non-hydrogen) atoms. The molecule has 4 heterocycles. The van der Waals surface area contributed by atoms with Gasteiger partial charge in [0.1, 0.15) is 17.2 Å². The molecular weight excluding hydrogens is 423 g/mol. The van der Waals surface area contributed by atoms with Gasteiger partial charge in [-0.1, -0.05) is 6.07 Å². The van der Waals surface area contributed by atoms with Gasteiger partial charge < -0.3 is 19.5 Å². The van der Waals surface area contributed by atoms with E-state index in [9.17, 15) is 9.18 Å². The van der Waals surface area contributed by atoms with Gasteiger partial charge in [0.15, 0.2) is 5.82 Å². The van der Waals surface area contributed by atoms with Crippen molar-refractivity contribution in [3.8, 4) is 11.5 Å². The van der Waals surface area contributed by atoms with Gasteiger partial charge >= 0.3 is 0 Å². The molecule has 0 aliphatic carbocycles. The van der Waals surface area contributed by atoms with Gasteiger partial charge in [-0.05, 0) is 42.5 Å². The molecule has 8 nitrogen and oxygen atoms in total. The normalized spacial score (nSPS) is 13.8. The van der Waals surface area contributed by atoms with E-state index >= 15 is 0 Å². The number of halogens is 1. The van der Waals surface area contributed by atoms with E-state index in [-0.39, 0.29) is 11.7 Å². The fourth-order valence-corrected chi connectivity index (χ4v) is 3.90. The van der Waals surface area contributed by atoms with Gasteiger partial charge in [-0.3, -0.25) is 4.79 Å². The fourth-order valence-electron chi connectivity index (χ4n) is 3.90. The first-order valence-electron chi connectivity index (χ1n) is 10.7. The Labute approximate surface area is 190 Å². The minimum Gasteiger partial charge on any atom is -0.378 e. The summed E-state index contributed by atoms with van der Waals surface area (Å²) in [6, 6.07) is 13.6. The van der Waals surface area contributed by atoms with Gasteiger partial charge in [0, 0.05) is 43.8 Å². The lowest BCUT2D eigenvalue weighted by Crippen LogP contribution is -2.37.